The zero-order chi connectivity index (χ0) is 6.91. The van der Waals surface area contributed by atoms with Gasteiger partial charge in [-0.2, -0.15) is 0 Å². The largest absolute Gasteiger partial charge is 0.384 e. The maximum Gasteiger partial charge on any atom is 0.0974 e. The highest BCUT2D eigenvalue weighted by atomic mass is 16.3. The topological polar surface area (TPSA) is 46.2 Å². The van der Waals surface area contributed by atoms with Crippen LogP contribution in [-0.4, -0.2) is 17.3 Å². The maximum absolute atomic E-state index is 9.53. The van der Waals surface area contributed by atoms with Gasteiger partial charge in [-0.05, 0) is 18.8 Å². The lowest BCUT2D eigenvalue weighted by Gasteiger charge is -2.20. The lowest BCUT2D eigenvalue weighted by molar-refractivity contribution is 0.0768. The van der Waals surface area contributed by atoms with Crippen molar-refractivity contribution in [3.63, 3.8) is 0 Å². The predicted molar refractivity (Wildman–Crippen MR) is 36.9 cm³/mol. The van der Waals surface area contributed by atoms with Crippen LogP contribution in [0.1, 0.15) is 12.8 Å². The standard InChI is InChI=1S/C7H13NO/c1-2-7(9,5-8)6-3-4-6/h2,6,9H,1,3-5,8H2. The Hall–Kier alpha value is -0.340. The van der Waals surface area contributed by atoms with Crippen LogP contribution in [0.2, 0.25) is 0 Å². The Balaban J connectivity index is 2.53. The van der Waals surface area contributed by atoms with Crippen LogP contribution in [0.4, 0.5) is 0 Å². The van der Waals surface area contributed by atoms with Gasteiger partial charge in [0.2, 0.25) is 0 Å². The maximum atomic E-state index is 9.53. The van der Waals surface area contributed by atoms with E-state index in [1.165, 1.54) is 0 Å². The average Bonchev–Trinajstić information content (AvgIpc) is 2.68. The zero-order valence-electron chi connectivity index (χ0n) is 5.51. The molecule has 3 N–H and O–H groups in total. The van der Waals surface area contributed by atoms with Gasteiger partial charge in [0.05, 0.1) is 5.60 Å². The van der Waals surface area contributed by atoms with Crippen molar-refractivity contribution >= 4 is 0 Å². The highest BCUT2D eigenvalue weighted by molar-refractivity contribution is 5.06. The molecule has 0 aromatic rings. The first-order valence-electron chi connectivity index (χ1n) is 3.29. The van der Waals surface area contributed by atoms with Gasteiger partial charge >= 0.3 is 0 Å². The Morgan fingerprint density at radius 2 is 2.33 bits per heavy atom. The van der Waals surface area contributed by atoms with E-state index in [9.17, 15) is 5.11 Å². The Labute approximate surface area is 55.4 Å². The zero-order valence-corrected chi connectivity index (χ0v) is 5.51. The van der Waals surface area contributed by atoms with E-state index in [2.05, 4.69) is 6.58 Å². The highest BCUT2D eigenvalue weighted by Gasteiger charge is 2.40. The molecule has 1 rings (SSSR count). The molecule has 0 aromatic heterocycles. The fourth-order valence-electron chi connectivity index (χ4n) is 1.000. The van der Waals surface area contributed by atoms with Crippen LogP contribution in [0.25, 0.3) is 0 Å². The SMILES string of the molecule is C=CC(O)(CN)C1CC1. The van der Waals surface area contributed by atoms with E-state index in [0.717, 1.165) is 12.8 Å². The second-order valence-corrected chi connectivity index (χ2v) is 2.67. The number of rotatable bonds is 3. The summed E-state index contributed by atoms with van der Waals surface area (Å²) in [6, 6.07) is 0. The molecule has 0 aliphatic heterocycles. The second-order valence-electron chi connectivity index (χ2n) is 2.67. The van der Waals surface area contributed by atoms with E-state index in [4.69, 9.17) is 5.73 Å². The quantitative estimate of drug-likeness (QED) is 0.535. The molecule has 52 valence electrons. The van der Waals surface area contributed by atoms with E-state index in [1.807, 2.05) is 0 Å². The van der Waals surface area contributed by atoms with Gasteiger partial charge < -0.3 is 10.8 Å². The summed E-state index contributed by atoms with van der Waals surface area (Å²) >= 11 is 0. The van der Waals surface area contributed by atoms with Crippen LogP contribution in [0.15, 0.2) is 12.7 Å². The molecule has 0 amide bonds. The van der Waals surface area contributed by atoms with Crippen LogP contribution >= 0.6 is 0 Å². The van der Waals surface area contributed by atoms with E-state index < -0.39 is 5.60 Å². The van der Waals surface area contributed by atoms with Crippen molar-refractivity contribution in [1.29, 1.82) is 0 Å². The molecular weight excluding hydrogens is 114 g/mol. The molecule has 1 aliphatic rings. The minimum atomic E-state index is -0.764. The normalized spacial score (nSPS) is 25.1. The summed E-state index contributed by atoms with van der Waals surface area (Å²) < 4.78 is 0. The summed E-state index contributed by atoms with van der Waals surface area (Å²) in [5, 5.41) is 9.53. The average molecular weight is 127 g/mol. The molecule has 0 aromatic carbocycles. The van der Waals surface area contributed by atoms with Crippen molar-refractivity contribution < 1.29 is 5.11 Å². The molecule has 0 heterocycles. The minimum Gasteiger partial charge on any atom is -0.384 e. The minimum absolute atomic E-state index is 0.307. The Morgan fingerprint density at radius 1 is 1.78 bits per heavy atom. The van der Waals surface area contributed by atoms with Gasteiger partial charge in [0, 0.05) is 6.54 Å². The Kier molecular flexibility index (Phi) is 1.60. The van der Waals surface area contributed by atoms with Crippen molar-refractivity contribution in [2.45, 2.75) is 18.4 Å². The van der Waals surface area contributed by atoms with Gasteiger partial charge in [-0.25, -0.2) is 0 Å². The van der Waals surface area contributed by atoms with Gasteiger partial charge in [-0.15, -0.1) is 6.58 Å². The Bertz CT molecular complexity index is 120. The van der Waals surface area contributed by atoms with E-state index in [-0.39, 0.29) is 0 Å². The fraction of sp³-hybridized carbons (Fsp3) is 0.714. The third kappa shape index (κ3) is 1.14. The summed E-state index contributed by atoms with van der Waals surface area (Å²) in [5.74, 6) is 0.389. The van der Waals surface area contributed by atoms with Crippen LogP contribution in [-0.2, 0) is 0 Å². The number of nitrogens with two attached hydrogens (primary N) is 1. The molecular formula is C7H13NO. The van der Waals surface area contributed by atoms with Gasteiger partial charge in [-0.3, -0.25) is 0 Å². The third-order valence-corrected chi connectivity index (χ3v) is 1.96. The highest BCUT2D eigenvalue weighted by Crippen LogP contribution is 2.39. The lowest BCUT2D eigenvalue weighted by Crippen LogP contribution is -2.37. The summed E-state index contributed by atoms with van der Waals surface area (Å²) in [6.07, 6.45) is 3.75. The van der Waals surface area contributed by atoms with Crippen molar-refractivity contribution in [2.24, 2.45) is 11.7 Å². The lowest BCUT2D eigenvalue weighted by atomic mass is 9.99. The van der Waals surface area contributed by atoms with E-state index in [1.54, 1.807) is 6.08 Å². The van der Waals surface area contributed by atoms with Crippen molar-refractivity contribution in [2.75, 3.05) is 6.54 Å². The van der Waals surface area contributed by atoms with Crippen LogP contribution in [0.5, 0.6) is 0 Å². The number of aliphatic hydroxyl groups is 1. The molecule has 1 aliphatic carbocycles. The monoisotopic (exact) mass is 127 g/mol. The molecule has 9 heavy (non-hydrogen) atoms. The number of hydrogen-bond donors (Lipinski definition) is 2. The molecule has 2 nitrogen and oxygen atoms in total. The van der Waals surface area contributed by atoms with E-state index in [0.29, 0.717) is 12.5 Å². The molecule has 0 bridgehead atoms. The van der Waals surface area contributed by atoms with Crippen molar-refractivity contribution in [3.05, 3.63) is 12.7 Å². The summed E-state index contributed by atoms with van der Waals surface area (Å²) in [7, 11) is 0. The smallest absolute Gasteiger partial charge is 0.0974 e. The van der Waals surface area contributed by atoms with Gasteiger partial charge in [0.15, 0.2) is 0 Å². The molecule has 1 unspecified atom stereocenters. The summed E-state index contributed by atoms with van der Waals surface area (Å²) in [5.41, 5.74) is 4.57. The molecule has 2 heteroatoms. The first-order valence-corrected chi connectivity index (χ1v) is 3.29. The van der Waals surface area contributed by atoms with Crippen molar-refractivity contribution in [1.82, 2.24) is 0 Å². The molecule has 0 spiro atoms. The summed E-state index contributed by atoms with van der Waals surface area (Å²) in [6.45, 7) is 3.84. The molecule has 0 radical (unpaired) electrons. The molecule has 0 saturated heterocycles. The Morgan fingerprint density at radius 3 is 2.44 bits per heavy atom. The fourth-order valence-corrected chi connectivity index (χ4v) is 1.000. The molecule has 1 atom stereocenters. The molecule has 1 saturated carbocycles. The van der Waals surface area contributed by atoms with Crippen LogP contribution in [0, 0.1) is 5.92 Å². The van der Waals surface area contributed by atoms with E-state index >= 15 is 0 Å². The summed E-state index contributed by atoms with van der Waals surface area (Å²) in [4.78, 5) is 0. The number of hydrogen-bond acceptors (Lipinski definition) is 2. The van der Waals surface area contributed by atoms with Gasteiger partial charge in [0.25, 0.3) is 0 Å². The molecule has 1 fully saturated rings. The first kappa shape index (κ1) is 6.78. The predicted octanol–water partition coefficient (Wildman–Crippen LogP) is 0.272. The van der Waals surface area contributed by atoms with Gasteiger partial charge in [-0.1, -0.05) is 6.08 Å². The second kappa shape index (κ2) is 2.12. The van der Waals surface area contributed by atoms with Crippen molar-refractivity contribution in [3.8, 4) is 0 Å². The van der Waals surface area contributed by atoms with Crippen LogP contribution < -0.4 is 5.73 Å². The first-order chi connectivity index (χ1) is 4.23. The third-order valence-electron chi connectivity index (χ3n) is 1.96. The van der Waals surface area contributed by atoms with Gasteiger partial charge in [0.1, 0.15) is 0 Å². The van der Waals surface area contributed by atoms with Crippen LogP contribution in [0.3, 0.4) is 0 Å².